The summed E-state index contributed by atoms with van der Waals surface area (Å²) in [6.45, 7) is 2.49. The van der Waals surface area contributed by atoms with E-state index in [-0.39, 0.29) is 11.3 Å². The number of nitrogens with zero attached hydrogens (tertiary/aromatic N) is 1. The Morgan fingerprint density at radius 3 is 2.55 bits per heavy atom. The highest BCUT2D eigenvalue weighted by Crippen LogP contribution is 2.30. The molecule has 0 heterocycles. The van der Waals surface area contributed by atoms with Gasteiger partial charge in [-0.2, -0.15) is 5.06 Å². The van der Waals surface area contributed by atoms with Crippen LogP contribution in [0.3, 0.4) is 0 Å². The van der Waals surface area contributed by atoms with E-state index < -0.39 is 11.7 Å². The largest absolute Gasteiger partial charge is 0.505 e. The monoisotopic (exact) mass is 309 g/mol. The van der Waals surface area contributed by atoms with Crippen LogP contribution in [-0.2, 0) is 9.63 Å². The first-order valence-electron chi connectivity index (χ1n) is 7.54. The number of phenols is 1. The first-order chi connectivity index (χ1) is 10.6. The molecule has 0 aliphatic heterocycles. The molecule has 1 rings (SSSR count). The van der Waals surface area contributed by atoms with Crippen molar-refractivity contribution >= 4 is 18.1 Å². The van der Waals surface area contributed by atoms with Crippen molar-refractivity contribution in [2.75, 3.05) is 11.7 Å². The molecule has 0 bridgehead atoms. The SMILES string of the molecule is CCCCCCCCON(C=O)c1cccc(C(=O)O)c1O. The summed E-state index contributed by atoms with van der Waals surface area (Å²) < 4.78 is 0. The van der Waals surface area contributed by atoms with Crippen LogP contribution in [0, 0.1) is 0 Å². The first-order valence-corrected chi connectivity index (χ1v) is 7.54. The standard InChI is InChI=1S/C16H23NO5/c1-2-3-4-5-6-7-11-22-17(12-18)14-10-8-9-13(15(14)19)16(20)21/h8-10,12,19H,2-7,11H2,1H3,(H,20,21). The first kappa shape index (κ1) is 18.0. The molecular weight excluding hydrogens is 286 g/mol. The van der Waals surface area contributed by atoms with E-state index in [4.69, 9.17) is 9.94 Å². The van der Waals surface area contributed by atoms with Crippen LogP contribution in [0.15, 0.2) is 18.2 Å². The minimum atomic E-state index is -1.26. The lowest BCUT2D eigenvalue weighted by atomic mass is 10.1. The van der Waals surface area contributed by atoms with Gasteiger partial charge in [0, 0.05) is 0 Å². The molecule has 1 amide bonds. The number of amides is 1. The van der Waals surface area contributed by atoms with Gasteiger partial charge in [-0.05, 0) is 18.6 Å². The number of benzene rings is 1. The molecule has 0 aliphatic rings. The Balaban J connectivity index is 2.53. The van der Waals surface area contributed by atoms with E-state index in [2.05, 4.69) is 6.92 Å². The van der Waals surface area contributed by atoms with Gasteiger partial charge in [-0.25, -0.2) is 4.79 Å². The van der Waals surface area contributed by atoms with Crippen molar-refractivity contribution in [3.8, 4) is 5.75 Å². The maximum Gasteiger partial charge on any atom is 0.339 e. The van der Waals surface area contributed by atoms with Crippen LogP contribution in [0.25, 0.3) is 0 Å². The Bertz CT molecular complexity index is 489. The summed E-state index contributed by atoms with van der Waals surface area (Å²) in [6.07, 6.45) is 6.94. The zero-order chi connectivity index (χ0) is 16.4. The van der Waals surface area contributed by atoms with Crippen LogP contribution >= 0.6 is 0 Å². The number of carbonyl (C=O) groups excluding carboxylic acids is 1. The van der Waals surface area contributed by atoms with E-state index in [9.17, 15) is 14.7 Å². The number of aromatic hydroxyl groups is 1. The van der Waals surface area contributed by atoms with Crippen molar-refractivity contribution < 1.29 is 24.6 Å². The number of carboxylic acid groups (broad SMARTS) is 1. The second-order valence-electron chi connectivity index (χ2n) is 5.01. The third-order valence-corrected chi connectivity index (χ3v) is 3.31. The zero-order valence-electron chi connectivity index (χ0n) is 12.8. The Labute approximate surface area is 130 Å². The molecule has 0 saturated heterocycles. The molecule has 1 aromatic carbocycles. The summed E-state index contributed by atoms with van der Waals surface area (Å²) in [5.41, 5.74) is -0.242. The van der Waals surface area contributed by atoms with Crippen molar-refractivity contribution in [3.63, 3.8) is 0 Å². The number of anilines is 1. The van der Waals surface area contributed by atoms with Gasteiger partial charge in [0.2, 0.25) is 6.41 Å². The number of carboxylic acids is 1. The van der Waals surface area contributed by atoms with Gasteiger partial charge in [-0.1, -0.05) is 45.1 Å². The van der Waals surface area contributed by atoms with Crippen molar-refractivity contribution in [2.24, 2.45) is 0 Å². The average molecular weight is 309 g/mol. The summed E-state index contributed by atoms with van der Waals surface area (Å²) in [4.78, 5) is 27.4. The highest BCUT2D eigenvalue weighted by Gasteiger charge is 2.17. The molecule has 1 aromatic rings. The van der Waals surface area contributed by atoms with Gasteiger partial charge >= 0.3 is 5.97 Å². The lowest BCUT2D eigenvalue weighted by molar-refractivity contribution is -0.114. The van der Waals surface area contributed by atoms with Gasteiger partial charge in [0.05, 0.1) is 6.61 Å². The summed E-state index contributed by atoms with van der Waals surface area (Å²) >= 11 is 0. The second-order valence-corrected chi connectivity index (χ2v) is 5.01. The molecule has 6 nitrogen and oxygen atoms in total. The molecule has 0 atom stereocenters. The molecule has 0 aliphatic carbocycles. The number of hydrogen-bond acceptors (Lipinski definition) is 4. The molecule has 6 heteroatoms. The molecule has 0 unspecified atom stereocenters. The lowest BCUT2D eigenvalue weighted by Gasteiger charge is -2.18. The van der Waals surface area contributed by atoms with Crippen LogP contribution in [0.1, 0.15) is 55.8 Å². The van der Waals surface area contributed by atoms with Crippen LogP contribution in [0.4, 0.5) is 5.69 Å². The van der Waals surface area contributed by atoms with E-state index in [1.165, 1.54) is 37.5 Å². The van der Waals surface area contributed by atoms with Crippen molar-refractivity contribution in [1.82, 2.24) is 0 Å². The minimum Gasteiger partial charge on any atom is -0.505 e. The molecule has 0 radical (unpaired) electrons. The number of hydroxylamine groups is 1. The molecule has 2 N–H and O–H groups in total. The fourth-order valence-electron chi connectivity index (χ4n) is 2.08. The molecule has 0 saturated carbocycles. The van der Waals surface area contributed by atoms with E-state index in [0.29, 0.717) is 13.0 Å². The van der Waals surface area contributed by atoms with Crippen LogP contribution in [0.2, 0.25) is 0 Å². The molecule has 0 spiro atoms. The predicted molar refractivity (Wildman–Crippen MR) is 82.9 cm³/mol. The van der Waals surface area contributed by atoms with E-state index in [1.807, 2.05) is 0 Å². The second kappa shape index (κ2) is 9.78. The molecule has 0 aromatic heterocycles. The highest BCUT2D eigenvalue weighted by atomic mass is 16.7. The van der Waals surface area contributed by atoms with Gasteiger partial charge in [-0.3, -0.25) is 9.63 Å². The smallest absolute Gasteiger partial charge is 0.339 e. The quantitative estimate of drug-likeness (QED) is 0.372. The van der Waals surface area contributed by atoms with Crippen LogP contribution < -0.4 is 5.06 Å². The van der Waals surface area contributed by atoms with Crippen molar-refractivity contribution in [2.45, 2.75) is 45.4 Å². The Morgan fingerprint density at radius 1 is 1.23 bits per heavy atom. The van der Waals surface area contributed by atoms with Crippen LogP contribution in [-0.4, -0.2) is 29.2 Å². The normalized spacial score (nSPS) is 10.4. The van der Waals surface area contributed by atoms with Gasteiger partial charge in [-0.15, -0.1) is 0 Å². The Hall–Kier alpha value is -2.08. The lowest BCUT2D eigenvalue weighted by Crippen LogP contribution is -2.22. The third-order valence-electron chi connectivity index (χ3n) is 3.31. The summed E-state index contributed by atoms with van der Waals surface area (Å²) in [5.74, 6) is -1.74. The van der Waals surface area contributed by atoms with Gasteiger partial charge < -0.3 is 10.2 Å². The summed E-state index contributed by atoms with van der Waals surface area (Å²) in [5, 5.41) is 19.7. The molecule has 22 heavy (non-hydrogen) atoms. The predicted octanol–water partition coefficient (Wildman–Crippen LogP) is 3.35. The fraction of sp³-hybridized carbons (Fsp3) is 0.500. The summed E-state index contributed by atoms with van der Waals surface area (Å²) in [7, 11) is 0. The van der Waals surface area contributed by atoms with E-state index >= 15 is 0 Å². The fourth-order valence-corrected chi connectivity index (χ4v) is 2.08. The topological polar surface area (TPSA) is 87.1 Å². The van der Waals surface area contributed by atoms with Crippen molar-refractivity contribution in [3.05, 3.63) is 23.8 Å². The number of hydrogen-bond donors (Lipinski definition) is 2. The highest BCUT2D eigenvalue weighted by molar-refractivity contribution is 5.94. The number of aromatic carboxylic acids is 1. The maximum absolute atomic E-state index is 11.1. The summed E-state index contributed by atoms with van der Waals surface area (Å²) in [6, 6.07) is 4.14. The maximum atomic E-state index is 11.1. The molecule has 122 valence electrons. The van der Waals surface area contributed by atoms with E-state index in [0.717, 1.165) is 24.3 Å². The zero-order valence-corrected chi connectivity index (χ0v) is 12.8. The van der Waals surface area contributed by atoms with Gasteiger partial charge in [0.15, 0.2) is 5.75 Å². The minimum absolute atomic E-state index is 0.0286. The molecular formula is C16H23NO5. The van der Waals surface area contributed by atoms with Crippen LogP contribution in [0.5, 0.6) is 5.75 Å². The number of para-hydroxylation sites is 1. The number of carbonyl (C=O) groups is 2. The Kier molecular flexibility index (Phi) is 7.99. The van der Waals surface area contributed by atoms with E-state index in [1.54, 1.807) is 0 Å². The van der Waals surface area contributed by atoms with Gasteiger partial charge in [0.25, 0.3) is 0 Å². The van der Waals surface area contributed by atoms with Gasteiger partial charge in [0.1, 0.15) is 11.3 Å². The van der Waals surface area contributed by atoms with Crippen molar-refractivity contribution in [1.29, 1.82) is 0 Å². The average Bonchev–Trinajstić information content (AvgIpc) is 2.51. The number of rotatable bonds is 11. The number of unbranched alkanes of at least 4 members (excludes halogenated alkanes) is 5. The third kappa shape index (κ3) is 5.37. The Morgan fingerprint density at radius 2 is 1.91 bits per heavy atom. The molecule has 0 fully saturated rings.